The number of nitrogens with zero attached hydrogens (tertiary/aromatic N) is 3. The Labute approximate surface area is 136 Å². The summed E-state index contributed by atoms with van der Waals surface area (Å²) in [6, 6.07) is 12.2. The highest BCUT2D eigenvalue weighted by molar-refractivity contribution is 5.53. The number of nitro benzene ring substituents is 1. The van der Waals surface area contributed by atoms with E-state index >= 15 is 0 Å². The van der Waals surface area contributed by atoms with Crippen LogP contribution in [0.2, 0.25) is 0 Å². The summed E-state index contributed by atoms with van der Waals surface area (Å²) in [5.74, 6) is -0.00199. The van der Waals surface area contributed by atoms with Gasteiger partial charge < -0.3 is 9.84 Å². The maximum Gasteiger partial charge on any atom is 0.272 e. The SMILES string of the molecule is CC(Nc1ccc([N+](=O)[O-])cc1F)c1noc(-c2ccccc2)n1. The molecule has 8 heteroatoms. The molecule has 1 heterocycles. The van der Waals surface area contributed by atoms with Crippen LogP contribution in [0, 0.1) is 15.9 Å². The van der Waals surface area contributed by atoms with Crippen LogP contribution < -0.4 is 5.32 Å². The van der Waals surface area contributed by atoms with E-state index in [1.807, 2.05) is 30.3 Å². The number of nitrogens with one attached hydrogen (secondary N) is 1. The smallest absolute Gasteiger partial charge is 0.272 e. The number of halogens is 1. The van der Waals surface area contributed by atoms with Crippen molar-refractivity contribution in [2.75, 3.05) is 5.32 Å². The fourth-order valence-corrected chi connectivity index (χ4v) is 2.14. The predicted molar refractivity (Wildman–Crippen MR) is 84.8 cm³/mol. The first kappa shape index (κ1) is 15.6. The summed E-state index contributed by atoms with van der Waals surface area (Å²) < 4.78 is 19.1. The largest absolute Gasteiger partial charge is 0.373 e. The van der Waals surface area contributed by atoms with Gasteiger partial charge in [-0.05, 0) is 25.1 Å². The van der Waals surface area contributed by atoms with E-state index in [2.05, 4.69) is 15.5 Å². The van der Waals surface area contributed by atoms with Crippen molar-refractivity contribution in [2.24, 2.45) is 0 Å². The minimum atomic E-state index is -0.720. The van der Waals surface area contributed by atoms with Gasteiger partial charge in [0.25, 0.3) is 11.6 Å². The molecule has 7 nitrogen and oxygen atoms in total. The lowest BCUT2D eigenvalue weighted by Crippen LogP contribution is -2.09. The molecule has 0 amide bonds. The zero-order valence-electron chi connectivity index (χ0n) is 12.6. The van der Waals surface area contributed by atoms with E-state index in [1.165, 1.54) is 12.1 Å². The molecule has 2 aromatic carbocycles. The minimum absolute atomic E-state index is 0.124. The van der Waals surface area contributed by atoms with Gasteiger partial charge in [0.2, 0.25) is 0 Å². The first-order valence-corrected chi connectivity index (χ1v) is 7.14. The van der Waals surface area contributed by atoms with E-state index in [1.54, 1.807) is 6.92 Å². The van der Waals surface area contributed by atoms with Crippen LogP contribution in [0.4, 0.5) is 15.8 Å². The number of nitro groups is 1. The van der Waals surface area contributed by atoms with Gasteiger partial charge in [0.05, 0.1) is 22.7 Å². The molecule has 0 radical (unpaired) electrons. The summed E-state index contributed by atoms with van der Waals surface area (Å²) in [4.78, 5) is 14.3. The number of hydrogen-bond acceptors (Lipinski definition) is 6. The Bertz CT molecular complexity index is 867. The Kier molecular flexibility index (Phi) is 4.19. The molecule has 122 valence electrons. The second-order valence-electron chi connectivity index (χ2n) is 5.11. The monoisotopic (exact) mass is 328 g/mol. The Morgan fingerprint density at radius 3 is 2.67 bits per heavy atom. The first-order valence-electron chi connectivity index (χ1n) is 7.14. The molecule has 0 aliphatic heterocycles. The van der Waals surface area contributed by atoms with Crippen molar-refractivity contribution in [2.45, 2.75) is 13.0 Å². The zero-order chi connectivity index (χ0) is 17.1. The second-order valence-corrected chi connectivity index (χ2v) is 5.11. The molecular weight excluding hydrogens is 315 g/mol. The minimum Gasteiger partial charge on any atom is -0.373 e. The average Bonchev–Trinajstić information content (AvgIpc) is 3.07. The van der Waals surface area contributed by atoms with Crippen LogP contribution in [0.3, 0.4) is 0 Å². The Morgan fingerprint density at radius 1 is 1.25 bits per heavy atom. The Balaban J connectivity index is 1.77. The molecule has 0 bridgehead atoms. The van der Waals surface area contributed by atoms with Gasteiger partial charge in [-0.3, -0.25) is 10.1 Å². The molecule has 0 spiro atoms. The normalized spacial score (nSPS) is 11.9. The van der Waals surface area contributed by atoms with Gasteiger partial charge in [-0.2, -0.15) is 4.98 Å². The van der Waals surface area contributed by atoms with Crippen molar-refractivity contribution < 1.29 is 13.8 Å². The standard InChI is InChI=1S/C16H13FN4O3/c1-10(18-14-8-7-12(21(22)23)9-13(14)17)15-19-16(24-20-15)11-5-3-2-4-6-11/h2-10,18H,1H3. The van der Waals surface area contributed by atoms with Crippen LogP contribution >= 0.6 is 0 Å². The van der Waals surface area contributed by atoms with Gasteiger partial charge in [0, 0.05) is 11.6 Å². The third-order valence-corrected chi connectivity index (χ3v) is 3.39. The van der Waals surface area contributed by atoms with Crippen molar-refractivity contribution in [3.8, 4) is 11.5 Å². The number of non-ortho nitro benzene ring substituents is 1. The lowest BCUT2D eigenvalue weighted by molar-refractivity contribution is -0.385. The summed E-state index contributed by atoms with van der Waals surface area (Å²) in [5.41, 5.74) is 0.598. The van der Waals surface area contributed by atoms with Crippen LogP contribution in [0.5, 0.6) is 0 Å². The highest BCUT2D eigenvalue weighted by Crippen LogP contribution is 2.25. The van der Waals surface area contributed by atoms with Crippen LogP contribution in [-0.4, -0.2) is 15.1 Å². The second kappa shape index (κ2) is 6.45. The van der Waals surface area contributed by atoms with E-state index in [0.717, 1.165) is 11.6 Å². The van der Waals surface area contributed by atoms with Crippen LogP contribution in [0.25, 0.3) is 11.5 Å². The summed E-state index contributed by atoms with van der Waals surface area (Å²) in [5, 5.41) is 17.4. The molecular formula is C16H13FN4O3. The highest BCUT2D eigenvalue weighted by Gasteiger charge is 2.17. The molecule has 0 saturated carbocycles. The third-order valence-electron chi connectivity index (χ3n) is 3.39. The van der Waals surface area contributed by atoms with Gasteiger partial charge >= 0.3 is 0 Å². The molecule has 1 atom stereocenters. The van der Waals surface area contributed by atoms with E-state index < -0.39 is 16.8 Å². The molecule has 0 aliphatic rings. The first-order chi connectivity index (χ1) is 11.5. The number of rotatable bonds is 5. The zero-order valence-corrected chi connectivity index (χ0v) is 12.6. The third kappa shape index (κ3) is 3.22. The van der Waals surface area contributed by atoms with Gasteiger partial charge in [-0.1, -0.05) is 23.4 Å². The number of anilines is 1. The maximum absolute atomic E-state index is 13.9. The van der Waals surface area contributed by atoms with Gasteiger partial charge in [0.15, 0.2) is 11.6 Å². The summed E-state index contributed by atoms with van der Waals surface area (Å²) in [7, 11) is 0. The van der Waals surface area contributed by atoms with Gasteiger partial charge in [0.1, 0.15) is 0 Å². The molecule has 0 aliphatic carbocycles. The molecule has 1 aromatic heterocycles. The lowest BCUT2D eigenvalue weighted by atomic mass is 10.2. The van der Waals surface area contributed by atoms with Crippen LogP contribution in [0.15, 0.2) is 53.1 Å². The number of hydrogen-bond donors (Lipinski definition) is 1. The van der Waals surface area contributed by atoms with Crippen LogP contribution in [0.1, 0.15) is 18.8 Å². The molecule has 3 aromatic rings. The Morgan fingerprint density at radius 2 is 2.00 bits per heavy atom. The maximum atomic E-state index is 13.9. The molecule has 3 rings (SSSR count). The lowest BCUT2D eigenvalue weighted by Gasteiger charge is -2.11. The highest BCUT2D eigenvalue weighted by atomic mass is 19.1. The van der Waals surface area contributed by atoms with Crippen molar-refractivity contribution in [1.82, 2.24) is 10.1 Å². The Hall–Kier alpha value is -3.29. The topological polar surface area (TPSA) is 94.1 Å². The molecule has 0 fully saturated rings. The summed E-state index contributed by atoms with van der Waals surface area (Å²) in [6.45, 7) is 1.74. The average molecular weight is 328 g/mol. The van der Waals surface area contributed by atoms with E-state index in [4.69, 9.17) is 4.52 Å². The van der Waals surface area contributed by atoms with Crippen LogP contribution in [-0.2, 0) is 0 Å². The molecule has 1 N–H and O–H groups in total. The molecule has 0 saturated heterocycles. The number of benzene rings is 2. The fraction of sp³-hybridized carbons (Fsp3) is 0.125. The van der Waals surface area contributed by atoms with E-state index in [9.17, 15) is 14.5 Å². The summed E-state index contributed by atoms with van der Waals surface area (Å²) >= 11 is 0. The van der Waals surface area contributed by atoms with Crippen molar-refractivity contribution in [3.63, 3.8) is 0 Å². The van der Waals surface area contributed by atoms with Gasteiger partial charge in [-0.15, -0.1) is 0 Å². The van der Waals surface area contributed by atoms with Crippen molar-refractivity contribution >= 4 is 11.4 Å². The number of aromatic nitrogens is 2. The van der Waals surface area contributed by atoms with Crippen molar-refractivity contribution in [3.05, 3.63) is 70.3 Å². The van der Waals surface area contributed by atoms with Gasteiger partial charge in [-0.25, -0.2) is 4.39 Å². The van der Waals surface area contributed by atoms with E-state index in [-0.39, 0.29) is 11.4 Å². The summed E-state index contributed by atoms with van der Waals surface area (Å²) in [6.07, 6.45) is 0. The quantitative estimate of drug-likeness (QED) is 0.563. The van der Waals surface area contributed by atoms with E-state index in [0.29, 0.717) is 11.7 Å². The fourth-order valence-electron chi connectivity index (χ4n) is 2.14. The molecule has 1 unspecified atom stereocenters. The molecule has 24 heavy (non-hydrogen) atoms. The predicted octanol–water partition coefficient (Wildman–Crippen LogP) is 3.96. The van der Waals surface area contributed by atoms with Crippen molar-refractivity contribution in [1.29, 1.82) is 0 Å².